The van der Waals surface area contributed by atoms with Gasteiger partial charge < -0.3 is 20.1 Å². The number of nitrogens with one attached hydrogen (secondary N) is 1. The van der Waals surface area contributed by atoms with Crippen LogP contribution in [0, 0.1) is 0 Å². The number of thioether (sulfide) groups is 1. The average Bonchev–Trinajstić information content (AvgIpc) is 2.77. The highest BCUT2D eigenvalue weighted by Crippen LogP contribution is 2.48. The van der Waals surface area contributed by atoms with E-state index in [4.69, 9.17) is 16.3 Å². The molecule has 1 amide bonds. The summed E-state index contributed by atoms with van der Waals surface area (Å²) in [5.41, 5.74) is 1.58. The van der Waals surface area contributed by atoms with E-state index in [9.17, 15) is 9.90 Å². The van der Waals surface area contributed by atoms with Crippen molar-refractivity contribution in [1.82, 2.24) is 5.32 Å². The number of aliphatic hydroxyl groups is 1. The Kier molecular flexibility index (Phi) is 7.82. The van der Waals surface area contributed by atoms with E-state index in [0.29, 0.717) is 18.1 Å². The highest BCUT2D eigenvalue weighted by Gasteiger charge is 2.37. The Morgan fingerprint density at radius 1 is 1.26 bits per heavy atom. The molecule has 2 atom stereocenters. The molecule has 0 aromatic heterocycles. The van der Waals surface area contributed by atoms with Gasteiger partial charge in [0, 0.05) is 13.1 Å². The lowest BCUT2D eigenvalue weighted by atomic mass is 10.1. The van der Waals surface area contributed by atoms with Crippen molar-refractivity contribution in [1.29, 1.82) is 0 Å². The number of ether oxygens (including phenoxy) is 1. The van der Waals surface area contributed by atoms with Crippen molar-refractivity contribution in [3.63, 3.8) is 0 Å². The molecule has 2 aromatic carbocycles. The lowest BCUT2D eigenvalue weighted by molar-refractivity contribution is -0.126. The number of halogens is 2. The fourth-order valence-electron chi connectivity index (χ4n) is 2.92. The topological polar surface area (TPSA) is 61.8 Å². The molecule has 0 spiro atoms. The fourth-order valence-corrected chi connectivity index (χ4v) is 4.50. The summed E-state index contributed by atoms with van der Waals surface area (Å²) in [4.78, 5) is 15.4. The minimum atomic E-state index is -1.17. The molecule has 146 valence electrons. The molecule has 0 saturated heterocycles. The van der Waals surface area contributed by atoms with E-state index in [2.05, 4.69) is 5.32 Å². The summed E-state index contributed by atoms with van der Waals surface area (Å²) in [6.07, 6.45) is -1.17. The quantitative estimate of drug-likeness (QED) is 0.762. The van der Waals surface area contributed by atoms with Gasteiger partial charge in [0.1, 0.15) is 11.9 Å². The number of hydrogen-bond acceptors (Lipinski definition) is 5. The average molecular weight is 429 g/mol. The number of carbonyl (C=O) groups excluding carboxylic acids is 1. The number of methoxy groups -OCH3 is 1. The van der Waals surface area contributed by atoms with Gasteiger partial charge in [-0.3, -0.25) is 4.79 Å². The monoisotopic (exact) mass is 428 g/mol. The Morgan fingerprint density at radius 3 is 2.59 bits per heavy atom. The number of benzene rings is 2. The molecule has 1 aliphatic rings. The van der Waals surface area contributed by atoms with Crippen molar-refractivity contribution in [2.75, 3.05) is 32.1 Å². The van der Waals surface area contributed by atoms with Crippen molar-refractivity contribution in [3.05, 3.63) is 53.1 Å². The summed E-state index contributed by atoms with van der Waals surface area (Å²) in [5, 5.41) is 14.0. The fraction of sp³-hybridized carbons (Fsp3) is 0.316. The van der Waals surface area contributed by atoms with E-state index in [1.807, 2.05) is 43.4 Å². The molecule has 1 aliphatic heterocycles. The first-order chi connectivity index (χ1) is 12.6. The van der Waals surface area contributed by atoms with Crippen LogP contribution in [0.4, 0.5) is 5.69 Å². The van der Waals surface area contributed by atoms with Gasteiger partial charge in [-0.2, -0.15) is 0 Å². The van der Waals surface area contributed by atoms with Crippen LogP contribution in [0.1, 0.15) is 10.8 Å². The van der Waals surface area contributed by atoms with E-state index < -0.39 is 11.4 Å². The van der Waals surface area contributed by atoms with E-state index in [1.165, 1.54) is 11.8 Å². The second-order valence-corrected chi connectivity index (χ2v) is 7.50. The highest BCUT2D eigenvalue weighted by atomic mass is 35.5. The molecule has 0 aliphatic carbocycles. The van der Waals surface area contributed by atoms with Gasteiger partial charge >= 0.3 is 0 Å². The van der Waals surface area contributed by atoms with Crippen LogP contribution in [-0.4, -0.2) is 44.4 Å². The Labute approximate surface area is 174 Å². The van der Waals surface area contributed by atoms with Gasteiger partial charge in [0.25, 0.3) is 5.91 Å². The third-order valence-corrected chi connectivity index (χ3v) is 6.19. The molecule has 0 fully saturated rings. The van der Waals surface area contributed by atoms with Gasteiger partial charge in [0.2, 0.25) is 0 Å². The van der Waals surface area contributed by atoms with Crippen molar-refractivity contribution < 1.29 is 14.6 Å². The molecular weight excluding hydrogens is 407 g/mol. The molecule has 0 radical (unpaired) electrons. The maximum atomic E-state index is 13.0. The van der Waals surface area contributed by atoms with Crippen molar-refractivity contribution in [2.45, 2.75) is 16.2 Å². The number of carbonyl (C=O) groups is 1. The standard InChI is InChI=1S/C19H21ClN2O3S.ClH/c1-21-10-11-22-15-5-3-4-14(20)18(15)26-17(16(23)19(22)24)12-6-8-13(25-2)9-7-12;/h3-9,16-17,21,23H,10-11H2,1-2H3;1H/t16-,17+;/m0./s1. The number of aliphatic hydroxyl groups excluding tert-OH is 1. The molecule has 8 heteroatoms. The number of amides is 1. The Balaban J connectivity index is 0.00000261. The van der Waals surface area contributed by atoms with Gasteiger partial charge in [-0.1, -0.05) is 29.8 Å². The zero-order valence-electron chi connectivity index (χ0n) is 15.0. The minimum Gasteiger partial charge on any atom is -0.497 e. The van der Waals surface area contributed by atoms with Crippen LogP contribution in [0.2, 0.25) is 5.02 Å². The zero-order valence-corrected chi connectivity index (χ0v) is 17.4. The van der Waals surface area contributed by atoms with E-state index >= 15 is 0 Å². The Bertz CT molecular complexity index is 789. The number of fused-ring (bicyclic) bond motifs is 1. The van der Waals surface area contributed by atoms with Gasteiger partial charge in [-0.15, -0.1) is 24.2 Å². The maximum absolute atomic E-state index is 13.0. The Morgan fingerprint density at radius 2 is 1.96 bits per heavy atom. The summed E-state index contributed by atoms with van der Waals surface area (Å²) in [7, 11) is 3.43. The lowest BCUT2D eigenvalue weighted by Crippen LogP contribution is -2.43. The van der Waals surface area contributed by atoms with E-state index in [0.717, 1.165) is 21.9 Å². The summed E-state index contributed by atoms with van der Waals surface area (Å²) < 4.78 is 5.19. The first-order valence-electron chi connectivity index (χ1n) is 8.30. The summed E-state index contributed by atoms with van der Waals surface area (Å²) >= 11 is 7.85. The predicted molar refractivity (Wildman–Crippen MR) is 113 cm³/mol. The van der Waals surface area contributed by atoms with Crippen LogP contribution in [0.25, 0.3) is 0 Å². The molecular formula is C19H22Cl2N2O3S. The number of rotatable bonds is 5. The number of hydrogen-bond donors (Lipinski definition) is 2. The normalized spacial score (nSPS) is 19.1. The molecule has 2 N–H and O–H groups in total. The smallest absolute Gasteiger partial charge is 0.257 e. The van der Waals surface area contributed by atoms with Crippen LogP contribution in [0.3, 0.4) is 0 Å². The second kappa shape index (κ2) is 9.66. The largest absolute Gasteiger partial charge is 0.497 e. The summed E-state index contributed by atoms with van der Waals surface area (Å²) in [6.45, 7) is 1.07. The van der Waals surface area contributed by atoms with Gasteiger partial charge in [0.05, 0.1) is 28.0 Å². The van der Waals surface area contributed by atoms with Gasteiger partial charge in [-0.05, 0) is 36.9 Å². The number of likely N-dealkylation sites (N-methyl/N-ethyl adjacent to an activating group) is 1. The molecule has 27 heavy (non-hydrogen) atoms. The first kappa shape index (κ1) is 21.9. The van der Waals surface area contributed by atoms with Crippen LogP contribution < -0.4 is 15.0 Å². The van der Waals surface area contributed by atoms with E-state index in [1.54, 1.807) is 18.1 Å². The number of nitrogens with zero attached hydrogens (tertiary/aromatic N) is 1. The zero-order chi connectivity index (χ0) is 18.7. The van der Waals surface area contributed by atoms with Crippen LogP contribution in [0.15, 0.2) is 47.4 Å². The molecule has 0 bridgehead atoms. The molecule has 5 nitrogen and oxygen atoms in total. The maximum Gasteiger partial charge on any atom is 0.257 e. The molecule has 0 unspecified atom stereocenters. The van der Waals surface area contributed by atoms with Crippen molar-refractivity contribution in [3.8, 4) is 5.75 Å². The van der Waals surface area contributed by atoms with Crippen LogP contribution in [-0.2, 0) is 4.79 Å². The van der Waals surface area contributed by atoms with Crippen LogP contribution >= 0.6 is 35.8 Å². The lowest BCUT2D eigenvalue weighted by Gasteiger charge is -2.25. The summed E-state index contributed by atoms with van der Waals surface area (Å²) in [5.74, 6) is 0.400. The van der Waals surface area contributed by atoms with Gasteiger partial charge in [0.15, 0.2) is 0 Å². The van der Waals surface area contributed by atoms with E-state index in [-0.39, 0.29) is 18.3 Å². The molecule has 2 aromatic rings. The molecule has 3 rings (SSSR count). The second-order valence-electron chi connectivity index (χ2n) is 5.94. The predicted octanol–water partition coefficient (Wildman–Crippen LogP) is 3.53. The SMILES string of the molecule is CNCCN1C(=O)[C@@H](O)[C@@H](c2ccc(OC)cc2)Sc2c(Cl)cccc21.Cl. The van der Waals surface area contributed by atoms with Crippen molar-refractivity contribution >= 4 is 47.4 Å². The highest BCUT2D eigenvalue weighted by molar-refractivity contribution is 8.00. The number of anilines is 1. The molecule has 0 saturated carbocycles. The van der Waals surface area contributed by atoms with Crippen molar-refractivity contribution in [2.24, 2.45) is 0 Å². The minimum absolute atomic E-state index is 0. The third kappa shape index (κ3) is 4.52. The van der Waals surface area contributed by atoms with Crippen LogP contribution in [0.5, 0.6) is 5.75 Å². The summed E-state index contributed by atoms with van der Waals surface area (Å²) in [6, 6.07) is 12.9. The first-order valence-corrected chi connectivity index (χ1v) is 9.55. The third-order valence-electron chi connectivity index (χ3n) is 4.32. The molecule has 1 heterocycles. The Hall–Kier alpha value is -1.44. The van der Waals surface area contributed by atoms with Gasteiger partial charge in [-0.25, -0.2) is 0 Å².